The largest absolute Gasteiger partial charge is 0.465 e. The number of likely N-dealkylation sites (tertiary alicyclic amines) is 1. The van der Waals surface area contributed by atoms with Gasteiger partial charge >= 0.3 is 5.97 Å². The van der Waals surface area contributed by atoms with Gasteiger partial charge in [-0.3, -0.25) is 14.4 Å². The zero-order valence-electron chi connectivity index (χ0n) is 20.8. The monoisotopic (exact) mass is 476 g/mol. The molecule has 0 saturated carbocycles. The molecule has 1 N–H and O–H groups in total. The van der Waals surface area contributed by atoms with Gasteiger partial charge in [0.25, 0.3) is 0 Å². The van der Waals surface area contributed by atoms with Gasteiger partial charge in [0.05, 0.1) is 30.8 Å². The summed E-state index contributed by atoms with van der Waals surface area (Å²) in [7, 11) is 0. The van der Waals surface area contributed by atoms with Gasteiger partial charge in [0, 0.05) is 13.1 Å². The van der Waals surface area contributed by atoms with Crippen LogP contribution in [0, 0.1) is 11.8 Å². The van der Waals surface area contributed by atoms with Crippen LogP contribution in [0.1, 0.15) is 59.3 Å². The minimum atomic E-state index is -1.11. The van der Waals surface area contributed by atoms with Crippen LogP contribution in [0.15, 0.2) is 25.3 Å². The van der Waals surface area contributed by atoms with Crippen molar-refractivity contribution < 1.29 is 29.0 Å². The van der Waals surface area contributed by atoms with Crippen molar-refractivity contribution >= 4 is 17.8 Å². The van der Waals surface area contributed by atoms with Gasteiger partial charge in [-0.1, -0.05) is 32.4 Å². The van der Waals surface area contributed by atoms with Crippen LogP contribution in [0.4, 0.5) is 0 Å². The molecular weight excluding hydrogens is 436 g/mol. The summed E-state index contributed by atoms with van der Waals surface area (Å²) < 4.78 is 12.2. The number of hydrogen-bond donors (Lipinski definition) is 1. The lowest BCUT2D eigenvalue weighted by Gasteiger charge is -2.38. The number of ether oxygens (including phenoxy) is 2. The summed E-state index contributed by atoms with van der Waals surface area (Å²) in [6.45, 7) is 14.0. The second-order valence-corrected chi connectivity index (χ2v) is 9.78. The number of hydrogen-bond acceptors (Lipinski definition) is 6. The molecule has 190 valence electrons. The molecule has 2 amide bonds. The quantitative estimate of drug-likeness (QED) is 0.249. The molecule has 0 aromatic carbocycles. The Labute approximate surface area is 202 Å². The summed E-state index contributed by atoms with van der Waals surface area (Å²) in [5, 5.41) is 9.96. The molecule has 8 nitrogen and oxygen atoms in total. The third kappa shape index (κ3) is 4.09. The van der Waals surface area contributed by atoms with Crippen molar-refractivity contribution in [3.63, 3.8) is 0 Å². The number of rotatable bonds is 13. The minimum absolute atomic E-state index is 0.190. The van der Waals surface area contributed by atoms with Crippen molar-refractivity contribution in [2.45, 2.75) is 82.6 Å². The van der Waals surface area contributed by atoms with Crippen molar-refractivity contribution in [1.82, 2.24) is 9.80 Å². The molecule has 2 bridgehead atoms. The van der Waals surface area contributed by atoms with Gasteiger partial charge in [-0.2, -0.15) is 0 Å². The average Bonchev–Trinajstić information content (AvgIpc) is 3.44. The highest BCUT2D eigenvalue weighted by molar-refractivity contribution is 5.98. The highest BCUT2D eigenvalue weighted by Crippen LogP contribution is 2.64. The molecule has 6 atom stereocenters. The number of amides is 2. The van der Waals surface area contributed by atoms with E-state index >= 15 is 0 Å². The molecule has 3 fully saturated rings. The molecule has 34 heavy (non-hydrogen) atoms. The molecular formula is C26H40N2O6. The lowest BCUT2D eigenvalue weighted by molar-refractivity contribution is -0.163. The summed E-state index contributed by atoms with van der Waals surface area (Å²) in [5.41, 5.74) is -1.94. The number of carbonyl (C=O) groups is 3. The van der Waals surface area contributed by atoms with Crippen molar-refractivity contribution in [3.05, 3.63) is 25.3 Å². The Hall–Kier alpha value is -2.19. The van der Waals surface area contributed by atoms with Gasteiger partial charge in [0.1, 0.15) is 17.6 Å². The molecule has 3 aliphatic heterocycles. The summed E-state index contributed by atoms with van der Waals surface area (Å²) in [5.74, 6) is -2.57. The van der Waals surface area contributed by atoms with Crippen LogP contribution in [0.3, 0.4) is 0 Å². The predicted molar refractivity (Wildman–Crippen MR) is 128 cm³/mol. The van der Waals surface area contributed by atoms with Crippen LogP contribution in [0.5, 0.6) is 0 Å². The molecule has 3 rings (SSSR count). The highest BCUT2D eigenvalue weighted by Gasteiger charge is 2.79. The molecule has 0 aromatic rings. The number of unbranched alkanes of at least 4 members (excludes halogenated alkanes) is 1. The van der Waals surface area contributed by atoms with E-state index in [-0.39, 0.29) is 25.0 Å². The van der Waals surface area contributed by atoms with E-state index in [1.165, 1.54) is 4.90 Å². The van der Waals surface area contributed by atoms with Crippen molar-refractivity contribution in [1.29, 1.82) is 0 Å². The number of aliphatic hydroxyl groups excluding tert-OH is 1. The lowest BCUT2D eigenvalue weighted by atomic mass is 9.65. The average molecular weight is 477 g/mol. The smallest absolute Gasteiger partial charge is 0.312 e. The second-order valence-electron chi connectivity index (χ2n) is 9.78. The predicted octanol–water partition coefficient (Wildman–Crippen LogP) is 2.46. The van der Waals surface area contributed by atoms with Crippen molar-refractivity contribution in [2.24, 2.45) is 11.8 Å². The van der Waals surface area contributed by atoms with E-state index < -0.39 is 41.1 Å². The van der Waals surface area contributed by atoms with Gasteiger partial charge in [-0.05, 0) is 39.0 Å². The van der Waals surface area contributed by atoms with E-state index in [0.29, 0.717) is 38.8 Å². The Morgan fingerprint density at radius 1 is 1.32 bits per heavy atom. The topological polar surface area (TPSA) is 96.4 Å². The van der Waals surface area contributed by atoms with Crippen molar-refractivity contribution in [3.8, 4) is 0 Å². The van der Waals surface area contributed by atoms with Crippen LogP contribution in [-0.4, -0.2) is 82.3 Å². The highest BCUT2D eigenvalue weighted by atomic mass is 16.6. The van der Waals surface area contributed by atoms with Gasteiger partial charge < -0.3 is 24.4 Å². The van der Waals surface area contributed by atoms with Crippen molar-refractivity contribution in [2.75, 3.05) is 26.3 Å². The molecule has 3 aliphatic rings. The van der Waals surface area contributed by atoms with E-state index in [9.17, 15) is 19.5 Å². The maximum atomic E-state index is 14.0. The van der Waals surface area contributed by atoms with Gasteiger partial charge in [-0.15, -0.1) is 13.2 Å². The zero-order chi connectivity index (χ0) is 25.1. The number of fused-ring (bicyclic) bond motifs is 1. The fourth-order valence-electron chi connectivity index (χ4n) is 6.16. The fraction of sp³-hybridized carbons (Fsp3) is 0.731. The molecule has 2 unspecified atom stereocenters. The second kappa shape index (κ2) is 10.6. The lowest BCUT2D eigenvalue weighted by Crippen LogP contribution is -2.58. The number of esters is 1. The first-order chi connectivity index (χ1) is 16.3. The van der Waals surface area contributed by atoms with E-state index in [4.69, 9.17) is 9.47 Å². The normalized spacial score (nSPS) is 32.4. The summed E-state index contributed by atoms with van der Waals surface area (Å²) >= 11 is 0. The molecule has 3 heterocycles. The number of carbonyl (C=O) groups excluding carboxylic acids is 3. The first-order valence-corrected chi connectivity index (χ1v) is 12.6. The fourth-order valence-corrected chi connectivity index (χ4v) is 6.16. The van der Waals surface area contributed by atoms with Crippen LogP contribution in [-0.2, 0) is 23.9 Å². The van der Waals surface area contributed by atoms with Gasteiger partial charge in [0.15, 0.2) is 0 Å². The van der Waals surface area contributed by atoms with Gasteiger partial charge in [0.2, 0.25) is 11.8 Å². The minimum Gasteiger partial charge on any atom is -0.465 e. The van der Waals surface area contributed by atoms with E-state index in [2.05, 4.69) is 20.1 Å². The van der Waals surface area contributed by atoms with Crippen LogP contribution < -0.4 is 0 Å². The SMILES string of the molecule is C=CCCOC(=O)[C@H]1[C@H]2C(=O)N([C@H](C)CO)C(C(=O)N(CC=C)CCCC)C23CC[C@]1(CC)O3. The van der Waals surface area contributed by atoms with Crippen LogP contribution >= 0.6 is 0 Å². The van der Waals surface area contributed by atoms with Gasteiger partial charge in [-0.25, -0.2) is 0 Å². The maximum absolute atomic E-state index is 14.0. The Balaban J connectivity index is 2.05. The van der Waals surface area contributed by atoms with E-state index in [1.807, 2.05) is 6.92 Å². The molecule has 0 aromatic heterocycles. The standard InChI is InChI=1S/C26H40N2O6/c1-6-10-15-27(14-8-3)23(31)21-26-13-12-25(9-4,34-26)20(24(32)33-16-11-7-2)19(26)22(30)28(21)18(5)17-29/h7-8,18-21,29H,2-3,6,9-17H2,1,4-5H3/t18-,19+,20-,21?,25+,26?/m1/s1. The Morgan fingerprint density at radius 3 is 2.65 bits per heavy atom. The Bertz CT molecular complexity index is 815. The summed E-state index contributed by atoms with van der Waals surface area (Å²) in [6, 6.07) is -1.49. The molecule has 8 heteroatoms. The number of nitrogens with zero attached hydrogens (tertiary/aromatic N) is 2. The third-order valence-electron chi connectivity index (χ3n) is 7.85. The Kier molecular flexibility index (Phi) is 8.24. The summed E-state index contributed by atoms with van der Waals surface area (Å²) in [6.07, 6.45) is 7.25. The molecule has 1 spiro atoms. The van der Waals surface area contributed by atoms with Crippen LogP contribution in [0.25, 0.3) is 0 Å². The first-order valence-electron chi connectivity index (χ1n) is 12.6. The molecule has 0 radical (unpaired) electrons. The zero-order valence-corrected chi connectivity index (χ0v) is 20.8. The van der Waals surface area contributed by atoms with Crippen LogP contribution in [0.2, 0.25) is 0 Å². The maximum Gasteiger partial charge on any atom is 0.312 e. The van der Waals surface area contributed by atoms with E-state index in [1.54, 1.807) is 24.0 Å². The molecule has 3 saturated heterocycles. The van der Waals surface area contributed by atoms with E-state index in [0.717, 1.165) is 12.8 Å². The molecule has 0 aliphatic carbocycles. The third-order valence-corrected chi connectivity index (χ3v) is 7.85. The summed E-state index contributed by atoms with van der Waals surface area (Å²) in [4.78, 5) is 44.4. The first kappa shape index (κ1) is 26.4. The Morgan fingerprint density at radius 2 is 2.06 bits per heavy atom. The number of aliphatic hydroxyl groups is 1.